The molecule has 1 atom stereocenters. The van der Waals surface area contributed by atoms with E-state index in [0.717, 1.165) is 17.7 Å². The number of aliphatic imine (C=N–C) groups is 1. The molecule has 0 aromatic heterocycles. The van der Waals surface area contributed by atoms with Crippen molar-refractivity contribution in [1.82, 2.24) is 10.6 Å². The Morgan fingerprint density at radius 2 is 1.75 bits per heavy atom. The number of nitrogens with one attached hydrogen (secondary N) is 2. The second-order valence-electron chi connectivity index (χ2n) is 6.08. The van der Waals surface area contributed by atoms with Crippen LogP contribution in [0.5, 0.6) is 17.2 Å². The zero-order chi connectivity index (χ0) is 20.7. The summed E-state index contributed by atoms with van der Waals surface area (Å²) in [5.41, 5.74) is 1.36. The van der Waals surface area contributed by atoms with Crippen LogP contribution >= 0.6 is 0 Å². The van der Waals surface area contributed by atoms with Gasteiger partial charge in [0.15, 0.2) is 29.1 Å². The van der Waals surface area contributed by atoms with Gasteiger partial charge in [-0.15, -0.1) is 0 Å². The molecular weight excluding hydrogens is 368 g/mol. The number of ether oxygens (including phenoxy) is 2. The Labute approximate surface area is 163 Å². The number of hydrogen-bond donors (Lipinski definition) is 3. The maximum Gasteiger partial charge on any atom is 0.200 e. The minimum absolute atomic E-state index is 0.0743. The fraction of sp³-hybridized carbons (Fsp3) is 0.350. The summed E-state index contributed by atoms with van der Waals surface area (Å²) in [5.74, 6) is -0.765. The molecule has 0 fully saturated rings. The highest BCUT2D eigenvalue weighted by Gasteiger charge is 2.13. The van der Waals surface area contributed by atoms with E-state index in [-0.39, 0.29) is 29.8 Å². The Morgan fingerprint density at radius 1 is 1.11 bits per heavy atom. The SMILES string of the molecule is CCNC(=NCc1cc(OC)c(O)c(OC)c1)NC(C)c1ccc(F)c(F)c1. The van der Waals surface area contributed by atoms with Crippen LogP contribution in [0.1, 0.15) is 31.0 Å². The number of aromatic hydroxyl groups is 1. The minimum atomic E-state index is -0.892. The highest BCUT2D eigenvalue weighted by Crippen LogP contribution is 2.37. The van der Waals surface area contributed by atoms with Crippen molar-refractivity contribution < 1.29 is 23.4 Å². The van der Waals surface area contributed by atoms with Crippen molar-refractivity contribution in [2.75, 3.05) is 20.8 Å². The van der Waals surface area contributed by atoms with Crippen LogP contribution < -0.4 is 20.1 Å². The number of phenols is 1. The van der Waals surface area contributed by atoms with Crippen LogP contribution in [0.2, 0.25) is 0 Å². The van der Waals surface area contributed by atoms with Gasteiger partial charge in [-0.3, -0.25) is 0 Å². The van der Waals surface area contributed by atoms with Crippen LogP contribution in [0.3, 0.4) is 0 Å². The lowest BCUT2D eigenvalue weighted by atomic mass is 10.1. The van der Waals surface area contributed by atoms with Gasteiger partial charge >= 0.3 is 0 Å². The van der Waals surface area contributed by atoms with E-state index in [1.807, 2.05) is 13.8 Å². The van der Waals surface area contributed by atoms with Crippen LogP contribution in [-0.2, 0) is 6.54 Å². The molecule has 8 heteroatoms. The van der Waals surface area contributed by atoms with E-state index in [2.05, 4.69) is 15.6 Å². The zero-order valence-electron chi connectivity index (χ0n) is 16.3. The predicted octanol–water partition coefficient (Wildman–Crippen LogP) is 3.50. The van der Waals surface area contributed by atoms with Gasteiger partial charge in [-0.05, 0) is 49.2 Å². The number of hydrogen-bond acceptors (Lipinski definition) is 4. The zero-order valence-corrected chi connectivity index (χ0v) is 16.3. The Bertz CT molecular complexity index is 818. The van der Waals surface area contributed by atoms with Gasteiger partial charge in [0.2, 0.25) is 5.75 Å². The van der Waals surface area contributed by atoms with E-state index >= 15 is 0 Å². The van der Waals surface area contributed by atoms with Crippen LogP contribution in [0, 0.1) is 11.6 Å². The smallest absolute Gasteiger partial charge is 0.200 e. The van der Waals surface area contributed by atoms with Gasteiger partial charge in [-0.2, -0.15) is 0 Å². The van der Waals surface area contributed by atoms with E-state index in [4.69, 9.17) is 9.47 Å². The number of rotatable bonds is 7. The molecular formula is C20H25F2N3O3. The standard InChI is InChI=1S/C20H25F2N3O3/c1-5-23-20(25-12(2)14-6-7-15(21)16(22)10-14)24-11-13-8-17(27-3)19(26)18(9-13)28-4/h6-10,12,26H,5,11H2,1-4H3,(H2,23,24,25). The van der Waals surface area contributed by atoms with Crippen LogP contribution in [-0.4, -0.2) is 31.8 Å². The summed E-state index contributed by atoms with van der Waals surface area (Å²) in [6.07, 6.45) is 0. The average Bonchev–Trinajstić information content (AvgIpc) is 2.69. The van der Waals surface area contributed by atoms with Crippen molar-refractivity contribution in [3.05, 3.63) is 53.1 Å². The lowest BCUT2D eigenvalue weighted by molar-refractivity contribution is 0.339. The average molecular weight is 393 g/mol. The molecule has 28 heavy (non-hydrogen) atoms. The second-order valence-corrected chi connectivity index (χ2v) is 6.08. The molecule has 0 spiro atoms. The molecule has 0 saturated carbocycles. The Kier molecular flexibility index (Phi) is 7.43. The molecule has 2 rings (SSSR count). The molecule has 2 aromatic carbocycles. The van der Waals surface area contributed by atoms with E-state index in [1.54, 1.807) is 12.1 Å². The van der Waals surface area contributed by atoms with E-state index in [9.17, 15) is 13.9 Å². The lowest BCUT2D eigenvalue weighted by Crippen LogP contribution is -2.38. The van der Waals surface area contributed by atoms with Crippen molar-refractivity contribution in [1.29, 1.82) is 0 Å². The predicted molar refractivity (Wildman–Crippen MR) is 104 cm³/mol. The third-order valence-electron chi connectivity index (χ3n) is 4.10. The maximum absolute atomic E-state index is 13.5. The summed E-state index contributed by atoms with van der Waals surface area (Å²) < 4.78 is 36.9. The third-order valence-corrected chi connectivity index (χ3v) is 4.10. The molecule has 0 heterocycles. The molecule has 1 unspecified atom stereocenters. The van der Waals surface area contributed by atoms with Gasteiger partial charge in [0.25, 0.3) is 0 Å². The van der Waals surface area contributed by atoms with E-state index in [0.29, 0.717) is 18.1 Å². The van der Waals surface area contributed by atoms with Crippen molar-refractivity contribution in [3.63, 3.8) is 0 Å². The number of halogens is 2. The fourth-order valence-corrected chi connectivity index (χ4v) is 2.60. The van der Waals surface area contributed by atoms with Crippen molar-refractivity contribution >= 4 is 5.96 Å². The first-order valence-electron chi connectivity index (χ1n) is 8.83. The number of methoxy groups -OCH3 is 2. The van der Waals surface area contributed by atoms with Crippen LogP contribution in [0.4, 0.5) is 8.78 Å². The highest BCUT2D eigenvalue weighted by atomic mass is 19.2. The molecule has 0 radical (unpaired) electrons. The number of guanidine groups is 1. The lowest BCUT2D eigenvalue weighted by Gasteiger charge is -2.18. The molecule has 0 saturated heterocycles. The number of benzene rings is 2. The second kappa shape index (κ2) is 9.77. The quantitative estimate of drug-likeness (QED) is 0.496. The van der Waals surface area contributed by atoms with Crippen molar-refractivity contribution in [2.24, 2.45) is 4.99 Å². The fourth-order valence-electron chi connectivity index (χ4n) is 2.60. The molecule has 152 valence electrons. The Hall–Kier alpha value is -3.03. The summed E-state index contributed by atoms with van der Waals surface area (Å²) >= 11 is 0. The minimum Gasteiger partial charge on any atom is -0.502 e. The first-order valence-corrected chi connectivity index (χ1v) is 8.83. The normalized spacial score (nSPS) is 12.4. The summed E-state index contributed by atoms with van der Waals surface area (Å²) in [4.78, 5) is 4.50. The molecule has 0 aliphatic heterocycles. The highest BCUT2D eigenvalue weighted by molar-refractivity contribution is 5.80. The van der Waals surface area contributed by atoms with Gasteiger partial charge in [0.1, 0.15) is 0 Å². The van der Waals surface area contributed by atoms with Gasteiger partial charge in [0.05, 0.1) is 26.8 Å². The molecule has 2 aromatic rings. The Balaban J connectivity index is 2.19. The number of nitrogens with zero attached hydrogens (tertiary/aromatic N) is 1. The van der Waals surface area contributed by atoms with Crippen molar-refractivity contribution in [2.45, 2.75) is 26.4 Å². The maximum atomic E-state index is 13.5. The molecule has 3 N–H and O–H groups in total. The Morgan fingerprint density at radius 3 is 2.29 bits per heavy atom. The monoisotopic (exact) mass is 393 g/mol. The molecule has 0 bridgehead atoms. The van der Waals surface area contributed by atoms with Gasteiger partial charge in [0, 0.05) is 6.54 Å². The van der Waals surface area contributed by atoms with E-state index < -0.39 is 11.6 Å². The van der Waals surface area contributed by atoms with Gasteiger partial charge < -0.3 is 25.2 Å². The largest absolute Gasteiger partial charge is 0.502 e. The van der Waals surface area contributed by atoms with E-state index in [1.165, 1.54) is 20.3 Å². The summed E-state index contributed by atoms with van der Waals surface area (Å²) in [5, 5.41) is 16.3. The molecule has 0 aliphatic rings. The van der Waals surface area contributed by atoms with Crippen LogP contribution in [0.15, 0.2) is 35.3 Å². The van der Waals surface area contributed by atoms with Crippen molar-refractivity contribution in [3.8, 4) is 17.2 Å². The summed E-state index contributed by atoms with van der Waals surface area (Å²) in [6.45, 7) is 4.66. The first kappa shape index (κ1) is 21.3. The first-order chi connectivity index (χ1) is 13.4. The summed E-state index contributed by atoms with van der Waals surface area (Å²) in [6, 6.07) is 6.83. The van der Waals surface area contributed by atoms with Gasteiger partial charge in [-0.1, -0.05) is 6.07 Å². The number of phenolic OH excluding ortho intramolecular Hbond substituents is 1. The van der Waals surface area contributed by atoms with Crippen LogP contribution in [0.25, 0.3) is 0 Å². The topological polar surface area (TPSA) is 75.1 Å². The molecule has 0 amide bonds. The molecule has 6 nitrogen and oxygen atoms in total. The van der Waals surface area contributed by atoms with Gasteiger partial charge in [-0.25, -0.2) is 13.8 Å². The summed E-state index contributed by atoms with van der Waals surface area (Å²) in [7, 11) is 2.91. The third kappa shape index (κ3) is 5.25. The molecule has 0 aliphatic carbocycles.